The van der Waals surface area contributed by atoms with Gasteiger partial charge in [-0.25, -0.2) is 0 Å². The van der Waals surface area contributed by atoms with Gasteiger partial charge in [0.2, 0.25) is 0 Å². The quantitative estimate of drug-likeness (QED) is 0.621. The molecule has 0 N–H and O–H groups in total. The molecule has 1 rings (SSSR count). The highest BCUT2D eigenvalue weighted by molar-refractivity contribution is 5.31. The fourth-order valence-corrected chi connectivity index (χ4v) is 2.29. The van der Waals surface area contributed by atoms with E-state index in [1.165, 1.54) is 31.5 Å². The van der Waals surface area contributed by atoms with Gasteiger partial charge in [0.05, 0.1) is 5.54 Å². The molecule has 1 aliphatic rings. The number of rotatable bonds is 3. The summed E-state index contributed by atoms with van der Waals surface area (Å²) in [5.41, 5.74) is 3.13. The third-order valence-corrected chi connectivity index (χ3v) is 3.70. The van der Waals surface area contributed by atoms with Crippen molar-refractivity contribution in [3.8, 4) is 0 Å². The van der Waals surface area contributed by atoms with Crippen LogP contribution in [0.2, 0.25) is 0 Å². The molecule has 1 heteroatoms. The van der Waals surface area contributed by atoms with Crippen LogP contribution in [0, 0.1) is 0 Å². The van der Waals surface area contributed by atoms with Gasteiger partial charge in [-0.3, -0.25) is 4.90 Å². The summed E-state index contributed by atoms with van der Waals surface area (Å²) in [5, 5.41) is 0. The third-order valence-electron chi connectivity index (χ3n) is 3.70. The summed E-state index contributed by atoms with van der Waals surface area (Å²) in [4.78, 5) is 2.54. The Labute approximate surface area is 88.5 Å². The molecule has 1 unspecified atom stereocenters. The van der Waals surface area contributed by atoms with Crippen LogP contribution < -0.4 is 0 Å². The Morgan fingerprint density at radius 1 is 1.50 bits per heavy atom. The van der Waals surface area contributed by atoms with E-state index in [1.807, 2.05) is 0 Å². The summed E-state index contributed by atoms with van der Waals surface area (Å²) in [5.74, 6) is 0. The average molecular weight is 193 g/mol. The molecule has 0 amide bonds. The monoisotopic (exact) mass is 193 g/mol. The Morgan fingerprint density at radius 2 is 2.14 bits per heavy atom. The van der Waals surface area contributed by atoms with Crippen molar-refractivity contribution in [1.82, 2.24) is 4.90 Å². The normalized spacial score (nSPS) is 29.4. The summed E-state index contributed by atoms with van der Waals surface area (Å²) >= 11 is 0. The first-order valence-electron chi connectivity index (χ1n) is 5.61. The van der Waals surface area contributed by atoms with Crippen molar-refractivity contribution in [3.05, 3.63) is 23.8 Å². The molecule has 0 fully saturated rings. The second-order valence-electron chi connectivity index (χ2n) is 4.49. The predicted octanol–water partition coefficient (Wildman–Crippen LogP) is 3.38. The summed E-state index contributed by atoms with van der Waals surface area (Å²) < 4.78 is 0. The molecular weight excluding hydrogens is 170 g/mol. The van der Waals surface area contributed by atoms with E-state index in [0.717, 1.165) is 0 Å². The van der Waals surface area contributed by atoms with Gasteiger partial charge in [-0.2, -0.15) is 0 Å². The minimum atomic E-state index is 0.0956. The Morgan fingerprint density at radius 3 is 2.64 bits per heavy atom. The molecule has 0 bridgehead atoms. The van der Waals surface area contributed by atoms with Crippen LogP contribution in [-0.4, -0.2) is 23.5 Å². The molecule has 0 aromatic heterocycles. The number of hydrogen-bond acceptors (Lipinski definition) is 1. The van der Waals surface area contributed by atoms with Gasteiger partial charge >= 0.3 is 0 Å². The van der Waals surface area contributed by atoms with Gasteiger partial charge in [-0.15, -0.1) is 6.58 Å². The maximum atomic E-state index is 4.00. The third kappa shape index (κ3) is 1.78. The van der Waals surface area contributed by atoms with Gasteiger partial charge in [0, 0.05) is 6.54 Å². The van der Waals surface area contributed by atoms with E-state index in [9.17, 15) is 0 Å². The lowest BCUT2D eigenvalue weighted by Crippen LogP contribution is -2.49. The van der Waals surface area contributed by atoms with Gasteiger partial charge in [0.25, 0.3) is 0 Å². The van der Waals surface area contributed by atoms with Crippen molar-refractivity contribution >= 4 is 0 Å². The predicted molar refractivity (Wildman–Crippen MR) is 63.5 cm³/mol. The molecule has 0 aliphatic carbocycles. The molecule has 1 nitrogen and oxygen atoms in total. The van der Waals surface area contributed by atoms with Crippen LogP contribution in [0.1, 0.15) is 40.5 Å². The second kappa shape index (κ2) is 4.31. The van der Waals surface area contributed by atoms with Crippen molar-refractivity contribution in [1.29, 1.82) is 0 Å². The number of nitrogens with zero attached hydrogens (tertiary/aromatic N) is 1. The van der Waals surface area contributed by atoms with E-state index in [2.05, 4.69) is 45.2 Å². The van der Waals surface area contributed by atoms with Crippen LogP contribution in [0.4, 0.5) is 0 Å². The molecule has 0 saturated carbocycles. The molecule has 0 aromatic carbocycles. The van der Waals surface area contributed by atoms with Gasteiger partial charge in [0.15, 0.2) is 0 Å². The van der Waals surface area contributed by atoms with Crippen LogP contribution in [0.15, 0.2) is 23.8 Å². The lowest BCUT2D eigenvalue weighted by Gasteiger charge is -2.44. The van der Waals surface area contributed by atoms with Gasteiger partial charge in [-0.05, 0) is 40.2 Å². The van der Waals surface area contributed by atoms with E-state index >= 15 is 0 Å². The zero-order chi connectivity index (χ0) is 10.8. The van der Waals surface area contributed by atoms with E-state index < -0.39 is 0 Å². The molecule has 0 spiro atoms. The SMILES string of the molecule is C=CC1(C)C(C)=C(C)CCN1CCC. The van der Waals surface area contributed by atoms with Crippen LogP contribution in [-0.2, 0) is 0 Å². The van der Waals surface area contributed by atoms with E-state index in [0.29, 0.717) is 0 Å². The lowest BCUT2D eigenvalue weighted by molar-refractivity contribution is 0.163. The minimum Gasteiger partial charge on any atom is -0.291 e. The standard InChI is InChI=1S/C13H23N/c1-6-9-14-10-8-11(3)12(4)13(14,5)7-2/h7H,2,6,8-10H2,1,3-5H3. The zero-order valence-corrected chi connectivity index (χ0v) is 10.1. The van der Waals surface area contributed by atoms with Gasteiger partial charge < -0.3 is 0 Å². The zero-order valence-electron chi connectivity index (χ0n) is 10.1. The summed E-state index contributed by atoms with van der Waals surface area (Å²) in [6, 6.07) is 0. The van der Waals surface area contributed by atoms with E-state index in [1.54, 1.807) is 5.57 Å². The highest BCUT2D eigenvalue weighted by Crippen LogP contribution is 2.33. The average Bonchev–Trinajstić information content (AvgIpc) is 2.19. The largest absolute Gasteiger partial charge is 0.291 e. The topological polar surface area (TPSA) is 3.24 Å². The molecule has 1 aliphatic heterocycles. The second-order valence-corrected chi connectivity index (χ2v) is 4.49. The first-order chi connectivity index (χ1) is 6.56. The van der Waals surface area contributed by atoms with Crippen LogP contribution in [0.3, 0.4) is 0 Å². The first-order valence-corrected chi connectivity index (χ1v) is 5.61. The van der Waals surface area contributed by atoms with Crippen molar-refractivity contribution < 1.29 is 0 Å². The first kappa shape index (κ1) is 11.5. The molecule has 0 radical (unpaired) electrons. The molecule has 0 aromatic rings. The summed E-state index contributed by atoms with van der Waals surface area (Å²) in [7, 11) is 0. The van der Waals surface area contributed by atoms with Crippen LogP contribution in [0.5, 0.6) is 0 Å². The molecule has 80 valence electrons. The molecule has 1 heterocycles. The van der Waals surface area contributed by atoms with Crippen LogP contribution >= 0.6 is 0 Å². The summed E-state index contributed by atoms with van der Waals surface area (Å²) in [6.07, 6.45) is 4.53. The lowest BCUT2D eigenvalue weighted by atomic mass is 9.83. The fraction of sp³-hybridized carbons (Fsp3) is 0.692. The highest BCUT2D eigenvalue weighted by atomic mass is 15.2. The van der Waals surface area contributed by atoms with Gasteiger partial charge in [0.1, 0.15) is 0 Å². The van der Waals surface area contributed by atoms with Gasteiger partial charge in [-0.1, -0.05) is 24.1 Å². The van der Waals surface area contributed by atoms with Crippen molar-refractivity contribution in [2.75, 3.05) is 13.1 Å². The van der Waals surface area contributed by atoms with E-state index in [-0.39, 0.29) is 5.54 Å². The molecule has 14 heavy (non-hydrogen) atoms. The maximum absolute atomic E-state index is 4.00. The van der Waals surface area contributed by atoms with Crippen molar-refractivity contribution in [3.63, 3.8) is 0 Å². The maximum Gasteiger partial charge on any atom is 0.0573 e. The Balaban J connectivity index is 2.99. The van der Waals surface area contributed by atoms with Crippen LogP contribution in [0.25, 0.3) is 0 Å². The number of hydrogen-bond donors (Lipinski definition) is 0. The molecular formula is C13H23N. The Hall–Kier alpha value is -0.560. The smallest absolute Gasteiger partial charge is 0.0573 e. The van der Waals surface area contributed by atoms with Crippen molar-refractivity contribution in [2.45, 2.75) is 46.1 Å². The minimum absolute atomic E-state index is 0.0956. The summed E-state index contributed by atoms with van der Waals surface area (Å²) in [6.45, 7) is 15.4. The Kier molecular flexibility index (Phi) is 3.54. The molecule has 1 atom stereocenters. The van der Waals surface area contributed by atoms with E-state index in [4.69, 9.17) is 0 Å². The molecule has 0 saturated heterocycles. The highest BCUT2D eigenvalue weighted by Gasteiger charge is 2.33. The fourth-order valence-electron chi connectivity index (χ4n) is 2.29. The Bertz CT molecular complexity index is 252. The van der Waals surface area contributed by atoms with Crippen molar-refractivity contribution in [2.24, 2.45) is 0 Å².